The SMILES string of the molecule is COC1CCN(C(=O)N2CCN(c3ccc(F)cc3)c3cc(F)ccc32)C1. The van der Waals surface area contributed by atoms with E-state index in [9.17, 15) is 13.6 Å². The highest BCUT2D eigenvalue weighted by atomic mass is 19.1. The van der Waals surface area contributed by atoms with E-state index in [0.717, 1.165) is 12.1 Å². The summed E-state index contributed by atoms with van der Waals surface area (Å²) in [5, 5.41) is 0. The number of carbonyl (C=O) groups is 1. The molecular weight excluding hydrogens is 352 g/mol. The Hall–Kier alpha value is -2.67. The number of carbonyl (C=O) groups excluding carboxylic acids is 1. The number of benzene rings is 2. The summed E-state index contributed by atoms with van der Waals surface area (Å²) in [4.78, 5) is 18.4. The molecular formula is C20H21F2N3O2. The van der Waals surface area contributed by atoms with Gasteiger partial charge in [0.2, 0.25) is 0 Å². The lowest BCUT2D eigenvalue weighted by Crippen LogP contribution is -2.48. The molecule has 1 fully saturated rings. The van der Waals surface area contributed by atoms with Crippen LogP contribution in [-0.4, -0.2) is 50.3 Å². The fraction of sp³-hybridized carbons (Fsp3) is 0.350. The Morgan fingerprint density at radius 1 is 1.00 bits per heavy atom. The Bertz CT molecular complexity index is 844. The normalized spacial score (nSPS) is 19.4. The predicted octanol–water partition coefficient (Wildman–Crippen LogP) is 3.76. The molecule has 2 aromatic rings. The molecule has 0 saturated carbocycles. The molecule has 1 unspecified atom stereocenters. The third-order valence-corrected chi connectivity index (χ3v) is 5.18. The first kappa shape index (κ1) is 17.7. The maximum absolute atomic E-state index is 14.0. The quantitative estimate of drug-likeness (QED) is 0.804. The number of halogens is 2. The molecule has 142 valence electrons. The summed E-state index contributed by atoms with van der Waals surface area (Å²) in [7, 11) is 1.65. The Kier molecular flexibility index (Phi) is 4.70. The molecule has 4 rings (SSSR count). The van der Waals surface area contributed by atoms with Crippen molar-refractivity contribution in [2.45, 2.75) is 12.5 Å². The first-order chi connectivity index (χ1) is 13.1. The van der Waals surface area contributed by atoms with Crippen molar-refractivity contribution >= 4 is 23.1 Å². The van der Waals surface area contributed by atoms with Gasteiger partial charge in [-0.2, -0.15) is 0 Å². The van der Waals surface area contributed by atoms with Crippen LogP contribution in [0.3, 0.4) is 0 Å². The zero-order valence-corrected chi connectivity index (χ0v) is 15.1. The monoisotopic (exact) mass is 373 g/mol. The molecule has 2 aliphatic heterocycles. The minimum Gasteiger partial charge on any atom is -0.380 e. The standard InChI is InChI=1S/C20H21F2N3O2/c1-27-17-8-9-23(13-17)20(26)25-11-10-24(16-5-2-14(21)3-6-16)19-12-15(22)4-7-18(19)25/h2-7,12,17H,8-11,13H2,1H3. The number of hydrogen-bond donors (Lipinski definition) is 0. The van der Waals surface area contributed by atoms with Gasteiger partial charge in [0.05, 0.1) is 17.5 Å². The van der Waals surface area contributed by atoms with E-state index >= 15 is 0 Å². The third kappa shape index (κ3) is 3.35. The highest BCUT2D eigenvalue weighted by Crippen LogP contribution is 2.39. The van der Waals surface area contributed by atoms with Crippen molar-refractivity contribution < 1.29 is 18.3 Å². The first-order valence-corrected chi connectivity index (χ1v) is 8.98. The number of nitrogens with zero attached hydrogens (tertiary/aromatic N) is 3. The van der Waals surface area contributed by atoms with Crippen molar-refractivity contribution in [2.24, 2.45) is 0 Å². The summed E-state index contributed by atoms with van der Waals surface area (Å²) in [6.07, 6.45) is 0.871. The molecule has 27 heavy (non-hydrogen) atoms. The van der Waals surface area contributed by atoms with Crippen LogP contribution in [0, 0.1) is 11.6 Å². The van der Waals surface area contributed by atoms with Crippen molar-refractivity contribution in [3.05, 3.63) is 54.1 Å². The van der Waals surface area contributed by atoms with Crippen molar-refractivity contribution in [3.63, 3.8) is 0 Å². The largest absolute Gasteiger partial charge is 0.380 e. The fourth-order valence-corrected chi connectivity index (χ4v) is 3.73. The summed E-state index contributed by atoms with van der Waals surface area (Å²) < 4.78 is 32.6. The Morgan fingerprint density at radius 3 is 2.44 bits per heavy atom. The number of amides is 2. The van der Waals surface area contributed by atoms with Gasteiger partial charge in [-0.1, -0.05) is 0 Å². The minimum absolute atomic E-state index is 0.0575. The van der Waals surface area contributed by atoms with Gasteiger partial charge in [0.15, 0.2) is 0 Å². The molecule has 0 spiro atoms. The second kappa shape index (κ2) is 7.15. The van der Waals surface area contributed by atoms with Crippen molar-refractivity contribution in [1.29, 1.82) is 0 Å². The number of ether oxygens (including phenoxy) is 1. The molecule has 1 atom stereocenters. The van der Waals surface area contributed by atoms with E-state index in [0.29, 0.717) is 37.6 Å². The van der Waals surface area contributed by atoms with Crippen LogP contribution in [0.15, 0.2) is 42.5 Å². The highest BCUT2D eigenvalue weighted by Gasteiger charge is 2.34. The summed E-state index contributed by atoms with van der Waals surface area (Å²) >= 11 is 0. The molecule has 2 amide bonds. The van der Waals surface area contributed by atoms with Gasteiger partial charge in [0, 0.05) is 39.0 Å². The molecule has 2 aliphatic rings. The highest BCUT2D eigenvalue weighted by molar-refractivity contribution is 5.98. The number of likely N-dealkylation sites (tertiary alicyclic amines) is 1. The van der Waals surface area contributed by atoms with Crippen LogP contribution in [0.25, 0.3) is 0 Å². The van der Waals surface area contributed by atoms with Gasteiger partial charge in [0.1, 0.15) is 11.6 Å². The lowest BCUT2D eigenvalue weighted by atomic mass is 10.1. The number of hydrogen-bond acceptors (Lipinski definition) is 3. The average molecular weight is 373 g/mol. The van der Waals surface area contributed by atoms with Gasteiger partial charge >= 0.3 is 6.03 Å². The van der Waals surface area contributed by atoms with E-state index in [1.54, 1.807) is 35.1 Å². The van der Waals surface area contributed by atoms with Crippen LogP contribution >= 0.6 is 0 Å². The van der Waals surface area contributed by atoms with Crippen LogP contribution in [0.2, 0.25) is 0 Å². The van der Waals surface area contributed by atoms with Gasteiger partial charge in [-0.3, -0.25) is 4.90 Å². The average Bonchev–Trinajstić information content (AvgIpc) is 3.16. The van der Waals surface area contributed by atoms with Crippen molar-refractivity contribution in [2.75, 3.05) is 43.1 Å². The Labute approximate surface area is 156 Å². The molecule has 0 bridgehead atoms. The fourth-order valence-electron chi connectivity index (χ4n) is 3.73. The molecule has 2 aromatic carbocycles. The second-order valence-corrected chi connectivity index (χ2v) is 6.79. The second-order valence-electron chi connectivity index (χ2n) is 6.79. The molecule has 5 nitrogen and oxygen atoms in total. The number of urea groups is 1. The van der Waals surface area contributed by atoms with E-state index in [1.807, 2.05) is 4.90 Å². The smallest absolute Gasteiger partial charge is 0.324 e. The summed E-state index contributed by atoms with van der Waals surface area (Å²) in [5.74, 6) is -0.704. The van der Waals surface area contributed by atoms with Crippen LogP contribution < -0.4 is 9.80 Å². The minimum atomic E-state index is -0.379. The predicted molar refractivity (Wildman–Crippen MR) is 99.5 cm³/mol. The molecule has 2 heterocycles. The zero-order chi connectivity index (χ0) is 19.0. The maximum atomic E-state index is 14.0. The van der Waals surface area contributed by atoms with E-state index in [4.69, 9.17) is 4.74 Å². The molecule has 0 aromatic heterocycles. The molecule has 1 saturated heterocycles. The molecule has 0 N–H and O–H groups in total. The lowest BCUT2D eigenvalue weighted by molar-refractivity contribution is 0.111. The van der Waals surface area contributed by atoms with Crippen LogP contribution in [0.1, 0.15) is 6.42 Å². The molecule has 0 aliphatic carbocycles. The van der Waals surface area contributed by atoms with E-state index < -0.39 is 0 Å². The van der Waals surface area contributed by atoms with Gasteiger partial charge < -0.3 is 14.5 Å². The maximum Gasteiger partial charge on any atom is 0.324 e. The number of rotatable bonds is 2. The Morgan fingerprint density at radius 2 is 1.74 bits per heavy atom. The van der Waals surface area contributed by atoms with Crippen molar-refractivity contribution in [3.8, 4) is 0 Å². The van der Waals surface area contributed by atoms with E-state index in [-0.39, 0.29) is 23.8 Å². The molecule has 0 radical (unpaired) electrons. The zero-order valence-electron chi connectivity index (χ0n) is 15.1. The van der Waals surface area contributed by atoms with Gasteiger partial charge in [-0.25, -0.2) is 13.6 Å². The van der Waals surface area contributed by atoms with E-state index in [2.05, 4.69) is 0 Å². The van der Waals surface area contributed by atoms with Gasteiger partial charge in [-0.05, 0) is 48.9 Å². The topological polar surface area (TPSA) is 36.0 Å². The third-order valence-electron chi connectivity index (χ3n) is 5.18. The summed E-state index contributed by atoms with van der Waals surface area (Å²) in [6, 6.07) is 10.4. The van der Waals surface area contributed by atoms with Crippen LogP contribution in [0.4, 0.5) is 30.6 Å². The van der Waals surface area contributed by atoms with Gasteiger partial charge in [-0.15, -0.1) is 0 Å². The first-order valence-electron chi connectivity index (χ1n) is 8.98. The molecule has 7 heteroatoms. The lowest BCUT2D eigenvalue weighted by Gasteiger charge is -2.39. The summed E-state index contributed by atoms with van der Waals surface area (Å²) in [5.41, 5.74) is 2.01. The van der Waals surface area contributed by atoms with E-state index in [1.165, 1.54) is 24.3 Å². The summed E-state index contributed by atoms with van der Waals surface area (Å²) in [6.45, 7) is 2.16. The van der Waals surface area contributed by atoms with Crippen LogP contribution in [0.5, 0.6) is 0 Å². The number of methoxy groups -OCH3 is 1. The number of anilines is 3. The van der Waals surface area contributed by atoms with Crippen molar-refractivity contribution in [1.82, 2.24) is 4.90 Å². The number of fused-ring (bicyclic) bond motifs is 1. The van der Waals surface area contributed by atoms with Crippen LogP contribution in [-0.2, 0) is 4.74 Å². The Balaban J connectivity index is 1.65. The van der Waals surface area contributed by atoms with Gasteiger partial charge in [0.25, 0.3) is 0 Å².